The molecule has 4 rings (SSSR count). The summed E-state index contributed by atoms with van der Waals surface area (Å²) in [5.41, 5.74) is 5.14. The Morgan fingerprint density at radius 2 is 1.54 bits per heavy atom. The van der Waals surface area contributed by atoms with Crippen molar-refractivity contribution in [2.45, 2.75) is 51.7 Å². The number of aromatic nitrogens is 1. The van der Waals surface area contributed by atoms with E-state index in [1.165, 1.54) is 0 Å². The zero-order valence-electron chi connectivity index (χ0n) is 23.1. The van der Waals surface area contributed by atoms with E-state index in [4.69, 9.17) is 9.47 Å². The van der Waals surface area contributed by atoms with Crippen LogP contribution in [0.2, 0.25) is 0 Å². The first-order valence-corrected chi connectivity index (χ1v) is 14.1. The first-order chi connectivity index (χ1) is 18.6. The summed E-state index contributed by atoms with van der Waals surface area (Å²) >= 11 is -1.24. The fourth-order valence-corrected chi connectivity index (χ4v) is 4.80. The topological polar surface area (TPSA) is 75.5 Å². The van der Waals surface area contributed by atoms with Crippen molar-refractivity contribution in [2.75, 3.05) is 0 Å². The number of nitrogens with one attached hydrogen (secondary N) is 1. The lowest BCUT2D eigenvalue weighted by atomic mass is 10.0. The number of aryl methyl sites for hydroxylation is 1. The van der Waals surface area contributed by atoms with Gasteiger partial charge >= 0.3 is 5.97 Å². The van der Waals surface area contributed by atoms with Crippen LogP contribution >= 0.6 is 0 Å². The van der Waals surface area contributed by atoms with E-state index in [-0.39, 0.29) is 18.6 Å². The lowest BCUT2D eigenvalue weighted by molar-refractivity contribution is 0.0461. The van der Waals surface area contributed by atoms with Crippen molar-refractivity contribution in [3.05, 3.63) is 114 Å². The van der Waals surface area contributed by atoms with E-state index in [1.54, 1.807) is 4.57 Å². The van der Waals surface area contributed by atoms with Crippen LogP contribution in [-0.4, -0.2) is 19.8 Å². The van der Waals surface area contributed by atoms with Crippen LogP contribution in [0.3, 0.4) is 0 Å². The van der Waals surface area contributed by atoms with Crippen LogP contribution < -0.4 is 9.46 Å². The Labute approximate surface area is 234 Å². The molecule has 1 unspecified atom stereocenters. The number of nitrogens with zero attached hydrogens (tertiary/aromatic N) is 1. The molecule has 0 saturated carbocycles. The molecule has 0 radical (unpaired) electrons. The minimum Gasteiger partial charge on any atom is -0.598 e. The van der Waals surface area contributed by atoms with Crippen molar-refractivity contribution in [3.63, 3.8) is 0 Å². The van der Waals surface area contributed by atoms with E-state index >= 15 is 0 Å². The highest BCUT2D eigenvalue weighted by Crippen LogP contribution is 2.31. The summed E-state index contributed by atoms with van der Waals surface area (Å²) in [4.78, 5) is 12.9. The highest BCUT2D eigenvalue weighted by Gasteiger charge is 2.28. The van der Waals surface area contributed by atoms with E-state index in [0.29, 0.717) is 18.1 Å². The molecule has 4 aromatic rings. The Bertz CT molecular complexity index is 1380. The van der Waals surface area contributed by atoms with Gasteiger partial charge in [-0.25, -0.2) is 4.79 Å². The van der Waals surface area contributed by atoms with Gasteiger partial charge in [-0.3, -0.25) is 0 Å². The van der Waals surface area contributed by atoms with Crippen LogP contribution in [0.1, 0.15) is 60.9 Å². The number of hydrogen-bond donors (Lipinski definition) is 1. The third-order valence-corrected chi connectivity index (χ3v) is 7.96. The fraction of sp³-hybridized carbons (Fsp3) is 0.281. The molecule has 6 nitrogen and oxygen atoms in total. The van der Waals surface area contributed by atoms with Gasteiger partial charge in [-0.1, -0.05) is 60.7 Å². The standard InChI is InChI=1S/C32H36N2O4S/c1-23(33-39(36)32(2,3)4)26-16-27(18-29(17-26)37-21-24-12-8-6-9-13-24)28-19-30(34(5)20-28)31(35)38-22-25-14-10-7-11-15-25/h6-20,23,33H,21-22H2,1-5H3/t23-,39?/m1/s1. The van der Waals surface area contributed by atoms with Gasteiger partial charge in [0.25, 0.3) is 0 Å². The molecule has 7 heteroatoms. The van der Waals surface area contributed by atoms with Crippen LogP contribution in [0, 0.1) is 0 Å². The van der Waals surface area contributed by atoms with Gasteiger partial charge in [0.1, 0.15) is 29.4 Å². The molecular weight excluding hydrogens is 508 g/mol. The van der Waals surface area contributed by atoms with E-state index in [0.717, 1.165) is 27.8 Å². The minimum atomic E-state index is -1.24. The summed E-state index contributed by atoms with van der Waals surface area (Å²) in [6.45, 7) is 8.44. The highest BCUT2D eigenvalue weighted by molar-refractivity contribution is 7.90. The van der Waals surface area contributed by atoms with Crippen LogP contribution in [0.25, 0.3) is 11.1 Å². The van der Waals surface area contributed by atoms with Gasteiger partial charge in [-0.2, -0.15) is 0 Å². The predicted molar refractivity (Wildman–Crippen MR) is 157 cm³/mol. The third kappa shape index (κ3) is 7.76. The molecule has 0 fully saturated rings. The Morgan fingerprint density at radius 3 is 2.15 bits per heavy atom. The molecule has 1 N–H and O–H groups in total. The van der Waals surface area contributed by atoms with Crippen LogP contribution in [0.15, 0.2) is 91.1 Å². The molecule has 2 atom stereocenters. The summed E-state index contributed by atoms with van der Waals surface area (Å²) in [6, 6.07) is 27.2. The van der Waals surface area contributed by atoms with E-state index < -0.39 is 16.1 Å². The van der Waals surface area contributed by atoms with Crippen LogP contribution in [0.4, 0.5) is 0 Å². The number of hydrogen-bond acceptors (Lipinski definition) is 5. The van der Waals surface area contributed by atoms with E-state index in [2.05, 4.69) is 4.72 Å². The van der Waals surface area contributed by atoms with Crippen LogP contribution in [0.5, 0.6) is 5.75 Å². The van der Waals surface area contributed by atoms with Gasteiger partial charge < -0.3 is 18.6 Å². The van der Waals surface area contributed by atoms with Gasteiger partial charge in [0.15, 0.2) is 0 Å². The zero-order valence-corrected chi connectivity index (χ0v) is 24.0. The van der Waals surface area contributed by atoms with E-state index in [9.17, 15) is 9.35 Å². The maximum atomic E-state index is 12.9. The number of esters is 1. The average Bonchev–Trinajstić information content (AvgIpc) is 3.32. The second-order valence-electron chi connectivity index (χ2n) is 10.6. The van der Waals surface area contributed by atoms with Crippen molar-refractivity contribution < 1.29 is 18.8 Å². The number of benzene rings is 3. The SMILES string of the molecule is C[C@@H](N[S+]([O-])C(C)(C)C)c1cc(OCc2ccccc2)cc(-c2cc(C(=O)OCc3ccccc3)n(C)c2)c1. The second kappa shape index (κ2) is 12.6. The molecule has 0 spiro atoms. The van der Waals surface area contributed by atoms with Crippen molar-refractivity contribution >= 4 is 17.3 Å². The fourth-order valence-electron chi connectivity index (χ4n) is 3.99. The van der Waals surface area contributed by atoms with Gasteiger partial charge in [0, 0.05) is 30.2 Å². The number of ether oxygens (including phenoxy) is 2. The largest absolute Gasteiger partial charge is 0.598 e. The molecule has 39 heavy (non-hydrogen) atoms. The molecule has 3 aromatic carbocycles. The summed E-state index contributed by atoms with van der Waals surface area (Å²) in [5, 5.41) is 0. The summed E-state index contributed by atoms with van der Waals surface area (Å²) in [5.74, 6) is 0.304. The molecule has 0 amide bonds. The smallest absolute Gasteiger partial charge is 0.355 e. The van der Waals surface area contributed by atoms with Crippen molar-refractivity contribution in [1.82, 2.24) is 9.29 Å². The minimum absolute atomic E-state index is 0.192. The molecule has 0 aliphatic heterocycles. The van der Waals surface area contributed by atoms with Gasteiger partial charge in [-0.15, -0.1) is 4.72 Å². The number of carbonyl (C=O) groups is 1. The second-order valence-corrected chi connectivity index (χ2v) is 12.6. The average molecular weight is 545 g/mol. The molecule has 0 aliphatic carbocycles. The molecule has 1 aromatic heterocycles. The number of rotatable bonds is 10. The first-order valence-electron chi connectivity index (χ1n) is 13.0. The molecule has 0 aliphatic rings. The lowest BCUT2D eigenvalue weighted by Crippen LogP contribution is -2.40. The Hall–Kier alpha value is -3.52. The monoisotopic (exact) mass is 544 g/mol. The molecule has 0 bridgehead atoms. The highest BCUT2D eigenvalue weighted by atomic mass is 32.2. The molecule has 0 saturated heterocycles. The molecular formula is C32H36N2O4S. The van der Waals surface area contributed by atoms with Crippen molar-refractivity contribution in [1.29, 1.82) is 0 Å². The Morgan fingerprint density at radius 1 is 0.923 bits per heavy atom. The molecule has 1 heterocycles. The van der Waals surface area contributed by atoms with Crippen LogP contribution in [-0.2, 0) is 36.4 Å². The van der Waals surface area contributed by atoms with Gasteiger partial charge in [0.05, 0.1) is 6.04 Å². The maximum absolute atomic E-state index is 12.9. The Kier molecular flexibility index (Phi) is 9.17. The summed E-state index contributed by atoms with van der Waals surface area (Å²) in [7, 11) is 1.83. The van der Waals surface area contributed by atoms with Gasteiger partial charge in [0.2, 0.25) is 0 Å². The van der Waals surface area contributed by atoms with Crippen molar-refractivity contribution in [3.8, 4) is 16.9 Å². The number of carbonyl (C=O) groups excluding carboxylic acids is 1. The zero-order chi connectivity index (χ0) is 28.0. The lowest BCUT2D eigenvalue weighted by Gasteiger charge is -2.27. The normalized spacial score (nSPS) is 13.1. The molecule has 204 valence electrons. The quantitative estimate of drug-likeness (QED) is 0.177. The predicted octanol–water partition coefficient (Wildman–Crippen LogP) is 6.74. The van der Waals surface area contributed by atoms with Gasteiger partial charge in [-0.05, 0) is 74.2 Å². The van der Waals surface area contributed by atoms with Crippen molar-refractivity contribution in [2.24, 2.45) is 7.05 Å². The maximum Gasteiger partial charge on any atom is 0.355 e. The van der Waals surface area contributed by atoms with E-state index in [1.807, 2.05) is 126 Å². The third-order valence-electron chi connectivity index (χ3n) is 6.28. The summed E-state index contributed by atoms with van der Waals surface area (Å²) in [6.07, 6.45) is 1.91. The Balaban J connectivity index is 1.60. The summed E-state index contributed by atoms with van der Waals surface area (Å²) < 4.78 is 29.2. The first kappa shape index (κ1) is 28.5.